The molecule has 2 radical (unpaired) electrons. The molecule has 2 heterocycles. The average Bonchev–Trinajstić information content (AvgIpc) is 2.73. The molecule has 0 unspecified atom stereocenters. The van der Waals surface area contributed by atoms with Crippen molar-refractivity contribution in [1.82, 2.24) is 9.38 Å². The molecule has 0 aliphatic carbocycles. The number of fused-ring (bicyclic) bond motifs is 1. The van der Waals surface area contributed by atoms with Crippen molar-refractivity contribution in [2.45, 2.75) is 0 Å². The van der Waals surface area contributed by atoms with E-state index in [0.29, 0.717) is 0 Å². The van der Waals surface area contributed by atoms with E-state index in [-0.39, 0.29) is 0 Å². The van der Waals surface area contributed by atoms with Gasteiger partial charge in [0.25, 0.3) is 0 Å². The van der Waals surface area contributed by atoms with Gasteiger partial charge in [-0.3, -0.25) is 0 Å². The maximum atomic E-state index is 4.60. The number of nitrogens with zero attached hydrogens (tertiary/aromatic N) is 2. The zero-order valence-electron chi connectivity index (χ0n) is 8.54. The van der Waals surface area contributed by atoms with Crippen LogP contribution in [0.5, 0.6) is 0 Å². The van der Waals surface area contributed by atoms with E-state index in [2.05, 4.69) is 40.2 Å². The Morgan fingerprint density at radius 3 is 2.62 bits per heavy atom. The van der Waals surface area contributed by atoms with E-state index >= 15 is 0 Å². The van der Waals surface area contributed by atoms with E-state index in [1.165, 1.54) is 9.91 Å². The van der Waals surface area contributed by atoms with Crippen molar-refractivity contribution in [3.05, 3.63) is 54.9 Å². The van der Waals surface area contributed by atoms with Crippen LogP contribution in [0.15, 0.2) is 54.9 Å². The molecule has 0 saturated carbocycles. The van der Waals surface area contributed by atoms with Gasteiger partial charge in [-0.15, -0.1) is 0 Å². The van der Waals surface area contributed by atoms with Crippen molar-refractivity contribution in [1.29, 1.82) is 0 Å². The first-order chi connectivity index (χ1) is 7.84. The standard InChI is InChI=1S/C13H9AsN2/c14-11-6-2-1-5-10(11)12-9-16-8-4-3-7-13(16)15-12/h1-9H. The Morgan fingerprint density at radius 1 is 1.00 bits per heavy atom. The van der Waals surface area contributed by atoms with Gasteiger partial charge in [0.2, 0.25) is 0 Å². The van der Waals surface area contributed by atoms with E-state index in [9.17, 15) is 0 Å². The molecule has 0 fully saturated rings. The van der Waals surface area contributed by atoms with Crippen molar-refractivity contribution in [2.24, 2.45) is 0 Å². The Kier molecular flexibility index (Phi) is 2.30. The van der Waals surface area contributed by atoms with Crippen molar-refractivity contribution in [3.8, 4) is 11.3 Å². The Balaban J connectivity index is 2.23. The predicted octanol–water partition coefficient (Wildman–Crippen LogP) is 1.80. The second-order valence-corrected chi connectivity index (χ2v) is 4.62. The Morgan fingerprint density at radius 2 is 1.81 bits per heavy atom. The van der Waals surface area contributed by atoms with E-state index in [1.54, 1.807) is 0 Å². The first kappa shape index (κ1) is 9.68. The molecular weight excluding hydrogens is 259 g/mol. The van der Waals surface area contributed by atoms with E-state index in [4.69, 9.17) is 0 Å². The Labute approximate surface area is 102 Å². The number of aromatic nitrogens is 2. The fourth-order valence-corrected chi connectivity index (χ4v) is 2.33. The first-order valence-electron chi connectivity index (χ1n) is 5.07. The van der Waals surface area contributed by atoms with Crippen molar-refractivity contribution >= 4 is 26.9 Å². The third-order valence-corrected chi connectivity index (χ3v) is 3.36. The molecule has 0 bridgehead atoms. The number of imidazole rings is 1. The van der Waals surface area contributed by atoms with Crippen molar-refractivity contribution in [2.75, 3.05) is 0 Å². The summed E-state index contributed by atoms with van der Waals surface area (Å²) in [6.07, 6.45) is 4.07. The Hall–Kier alpha value is -1.53. The summed E-state index contributed by atoms with van der Waals surface area (Å²) in [4.78, 5) is 4.60. The van der Waals surface area contributed by atoms with Crippen LogP contribution in [0.1, 0.15) is 0 Å². The van der Waals surface area contributed by atoms with Gasteiger partial charge in [-0.25, -0.2) is 0 Å². The molecule has 0 atom stereocenters. The molecule has 0 aliphatic heterocycles. The first-order valence-corrected chi connectivity index (χ1v) is 6.00. The molecule has 3 rings (SSSR count). The summed E-state index contributed by atoms with van der Waals surface area (Å²) in [7, 11) is 0. The molecule has 0 N–H and O–H groups in total. The zero-order chi connectivity index (χ0) is 11.0. The van der Waals surface area contributed by atoms with Crippen LogP contribution in [0, 0.1) is 0 Å². The fraction of sp³-hybridized carbons (Fsp3) is 0. The molecule has 0 aliphatic rings. The van der Waals surface area contributed by atoms with Crippen LogP contribution in [-0.2, 0) is 0 Å². The number of benzene rings is 1. The van der Waals surface area contributed by atoms with Gasteiger partial charge >= 0.3 is 102 Å². The molecule has 3 heteroatoms. The van der Waals surface area contributed by atoms with Gasteiger partial charge < -0.3 is 0 Å². The predicted molar refractivity (Wildman–Crippen MR) is 66.0 cm³/mol. The number of hydrogen-bond acceptors (Lipinski definition) is 1. The van der Waals surface area contributed by atoms with Crippen LogP contribution in [0.25, 0.3) is 16.9 Å². The minimum absolute atomic E-state index is 0.980. The summed E-state index contributed by atoms with van der Waals surface area (Å²) in [5.41, 5.74) is 3.17. The topological polar surface area (TPSA) is 17.3 Å². The molecule has 0 spiro atoms. The summed E-state index contributed by atoms with van der Waals surface area (Å²) < 4.78 is 3.23. The fourth-order valence-electron chi connectivity index (χ4n) is 1.75. The number of rotatable bonds is 1. The normalized spacial score (nSPS) is 10.8. The number of pyridine rings is 1. The number of hydrogen-bond donors (Lipinski definition) is 0. The van der Waals surface area contributed by atoms with Gasteiger partial charge in [0.1, 0.15) is 0 Å². The van der Waals surface area contributed by atoms with Gasteiger partial charge in [-0.05, 0) is 0 Å². The van der Waals surface area contributed by atoms with E-state index in [0.717, 1.165) is 11.3 Å². The van der Waals surface area contributed by atoms with Crippen LogP contribution >= 0.6 is 0 Å². The van der Waals surface area contributed by atoms with Crippen LogP contribution in [0.2, 0.25) is 0 Å². The van der Waals surface area contributed by atoms with Gasteiger partial charge in [0, 0.05) is 0 Å². The summed E-state index contributed by atoms with van der Waals surface area (Å²) in [6, 6.07) is 14.3. The third kappa shape index (κ3) is 1.56. The van der Waals surface area contributed by atoms with Crippen LogP contribution in [0.4, 0.5) is 0 Å². The van der Waals surface area contributed by atoms with Crippen molar-refractivity contribution in [3.63, 3.8) is 0 Å². The SMILES string of the molecule is [As]c1ccccc1-c1cn2ccccc2n1. The van der Waals surface area contributed by atoms with Gasteiger partial charge in [-0.2, -0.15) is 0 Å². The maximum absolute atomic E-state index is 4.60. The zero-order valence-corrected chi connectivity index (χ0v) is 10.4. The molecule has 1 aromatic carbocycles. The monoisotopic (exact) mass is 268 g/mol. The summed E-state index contributed by atoms with van der Waals surface area (Å²) in [5, 5.41) is 0. The molecule has 3 aromatic rings. The molecular formula is C13H9AsN2. The second-order valence-electron chi connectivity index (χ2n) is 3.61. The van der Waals surface area contributed by atoms with E-state index < -0.39 is 0 Å². The Bertz CT molecular complexity index is 610. The van der Waals surface area contributed by atoms with Gasteiger partial charge in [-0.1, -0.05) is 0 Å². The van der Waals surface area contributed by atoms with Crippen LogP contribution in [-0.4, -0.2) is 26.2 Å². The van der Waals surface area contributed by atoms with Crippen LogP contribution < -0.4 is 4.35 Å². The summed E-state index contributed by atoms with van der Waals surface area (Å²) in [5.74, 6) is 0. The summed E-state index contributed by atoms with van der Waals surface area (Å²) in [6.45, 7) is 0. The average molecular weight is 268 g/mol. The molecule has 2 aromatic heterocycles. The third-order valence-electron chi connectivity index (χ3n) is 2.54. The molecule has 0 saturated heterocycles. The summed E-state index contributed by atoms with van der Waals surface area (Å²) >= 11 is 2.59. The van der Waals surface area contributed by atoms with E-state index in [1.807, 2.05) is 40.9 Å². The van der Waals surface area contributed by atoms with Gasteiger partial charge in [0.05, 0.1) is 0 Å². The molecule has 16 heavy (non-hydrogen) atoms. The second kappa shape index (κ2) is 3.80. The minimum atomic E-state index is 0.980. The quantitative estimate of drug-likeness (QED) is 0.615. The molecule has 76 valence electrons. The van der Waals surface area contributed by atoms with Crippen molar-refractivity contribution < 1.29 is 0 Å². The van der Waals surface area contributed by atoms with Gasteiger partial charge in [0.15, 0.2) is 0 Å². The molecule has 2 nitrogen and oxygen atoms in total. The van der Waals surface area contributed by atoms with Crippen LogP contribution in [0.3, 0.4) is 0 Å². The molecule has 0 amide bonds.